The Morgan fingerprint density at radius 3 is 2.93 bits per heavy atom. The van der Waals surface area contributed by atoms with E-state index in [9.17, 15) is 9.90 Å². The van der Waals surface area contributed by atoms with Gasteiger partial charge in [-0.25, -0.2) is 4.79 Å². The molecule has 1 unspecified atom stereocenters. The molecule has 1 aliphatic heterocycles. The third-order valence-electron chi connectivity index (χ3n) is 2.50. The number of rotatable bonds is 0. The molecule has 1 atom stereocenters. The van der Waals surface area contributed by atoms with Crippen LogP contribution in [0.25, 0.3) is 0 Å². The molecule has 0 radical (unpaired) electrons. The molecule has 0 saturated carbocycles. The molecule has 2 rings (SSSR count). The van der Waals surface area contributed by atoms with Crippen LogP contribution in [0.3, 0.4) is 0 Å². The largest absolute Gasteiger partial charge is 0.465 e. The van der Waals surface area contributed by atoms with E-state index in [0.717, 1.165) is 0 Å². The summed E-state index contributed by atoms with van der Waals surface area (Å²) < 4.78 is 0. The lowest BCUT2D eigenvalue weighted by Gasteiger charge is -2.30. The highest BCUT2D eigenvalue weighted by Crippen LogP contribution is 2.35. The number of nitrogens with zero attached hydrogens (tertiary/aromatic N) is 1. The van der Waals surface area contributed by atoms with Gasteiger partial charge >= 0.3 is 6.09 Å². The smallest absolute Gasteiger partial charge is 0.411 e. The fourth-order valence-electron chi connectivity index (χ4n) is 1.76. The summed E-state index contributed by atoms with van der Waals surface area (Å²) in [5.41, 5.74) is 1.10. The molecule has 0 bridgehead atoms. The standard InChI is InChI=1S/C10H10ClNO3/c11-6-1-2-7-8(5-6)12(10(14)15)4-3-9(7)13/h1-2,5,9,13H,3-4H2,(H,14,15). The van der Waals surface area contributed by atoms with Gasteiger partial charge < -0.3 is 10.2 Å². The number of carbonyl (C=O) groups is 1. The number of fused-ring (bicyclic) bond motifs is 1. The molecule has 80 valence electrons. The Hall–Kier alpha value is -1.26. The van der Waals surface area contributed by atoms with Crippen molar-refractivity contribution in [2.75, 3.05) is 11.4 Å². The molecule has 1 aliphatic rings. The SMILES string of the molecule is O=C(O)N1CCC(O)c2ccc(Cl)cc21. The third-order valence-corrected chi connectivity index (χ3v) is 2.73. The summed E-state index contributed by atoms with van der Waals surface area (Å²) in [6.45, 7) is 0.295. The van der Waals surface area contributed by atoms with Gasteiger partial charge in [-0.2, -0.15) is 0 Å². The van der Waals surface area contributed by atoms with Crippen LogP contribution in [-0.2, 0) is 0 Å². The van der Waals surface area contributed by atoms with Gasteiger partial charge in [0.1, 0.15) is 0 Å². The van der Waals surface area contributed by atoms with Crippen molar-refractivity contribution in [2.45, 2.75) is 12.5 Å². The van der Waals surface area contributed by atoms with Crippen LogP contribution in [0.1, 0.15) is 18.1 Å². The normalized spacial score (nSPS) is 19.9. The fourth-order valence-corrected chi connectivity index (χ4v) is 1.92. The van der Waals surface area contributed by atoms with Gasteiger partial charge in [-0.05, 0) is 18.6 Å². The molecule has 5 heteroatoms. The Morgan fingerprint density at radius 2 is 2.27 bits per heavy atom. The van der Waals surface area contributed by atoms with Crippen molar-refractivity contribution in [2.24, 2.45) is 0 Å². The molecule has 4 nitrogen and oxygen atoms in total. The van der Waals surface area contributed by atoms with E-state index >= 15 is 0 Å². The van der Waals surface area contributed by atoms with Crippen molar-refractivity contribution < 1.29 is 15.0 Å². The van der Waals surface area contributed by atoms with Crippen LogP contribution in [0, 0.1) is 0 Å². The van der Waals surface area contributed by atoms with E-state index in [0.29, 0.717) is 29.2 Å². The molecule has 0 aliphatic carbocycles. The lowest BCUT2D eigenvalue weighted by atomic mass is 9.99. The molecule has 15 heavy (non-hydrogen) atoms. The summed E-state index contributed by atoms with van der Waals surface area (Å²) in [7, 11) is 0. The van der Waals surface area contributed by atoms with E-state index in [2.05, 4.69) is 0 Å². The second-order valence-corrected chi connectivity index (χ2v) is 3.88. The zero-order valence-electron chi connectivity index (χ0n) is 7.85. The molecule has 1 heterocycles. The van der Waals surface area contributed by atoms with Gasteiger partial charge in [0.05, 0.1) is 11.8 Å². The first-order valence-corrected chi connectivity index (χ1v) is 4.95. The topological polar surface area (TPSA) is 60.8 Å². The average molecular weight is 228 g/mol. The highest BCUT2D eigenvalue weighted by molar-refractivity contribution is 6.31. The van der Waals surface area contributed by atoms with Crippen LogP contribution in [0.15, 0.2) is 18.2 Å². The Balaban J connectivity index is 2.51. The van der Waals surface area contributed by atoms with Crippen molar-refractivity contribution in [3.05, 3.63) is 28.8 Å². The van der Waals surface area contributed by atoms with Crippen LogP contribution >= 0.6 is 11.6 Å². The predicted molar refractivity (Wildman–Crippen MR) is 56.4 cm³/mol. The minimum Gasteiger partial charge on any atom is -0.465 e. The molecule has 0 fully saturated rings. The Kier molecular flexibility index (Phi) is 2.54. The Bertz CT molecular complexity index is 408. The number of benzene rings is 1. The maximum absolute atomic E-state index is 10.9. The number of aliphatic hydroxyl groups is 1. The summed E-state index contributed by atoms with van der Waals surface area (Å²) in [6, 6.07) is 4.87. The lowest BCUT2D eigenvalue weighted by molar-refractivity contribution is 0.160. The monoisotopic (exact) mass is 227 g/mol. The zero-order chi connectivity index (χ0) is 11.0. The summed E-state index contributed by atoms with van der Waals surface area (Å²) in [4.78, 5) is 12.1. The average Bonchev–Trinajstić information content (AvgIpc) is 2.17. The number of anilines is 1. The Morgan fingerprint density at radius 1 is 1.53 bits per heavy atom. The molecule has 1 amide bonds. The van der Waals surface area contributed by atoms with Gasteiger partial charge in [-0.15, -0.1) is 0 Å². The maximum Gasteiger partial charge on any atom is 0.411 e. The van der Waals surface area contributed by atoms with Crippen LogP contribution in [0.5, 0.6) is 0 Å². The van der Waals surface area contributed by atoms with Crippen LogP contribution in [-0.4, -0.2) is 22.9 Å². The van der Waals surface area contributed by atoms with Crippen LogP contribution < -0.4 is 4.90 Å². The number of hydrogen-bond acceptors (Lipinski definition) is 2. The molecule has 1 aromatic rings. The highest BCUT2D eigenvalue weighted by atomic mass is 35.5. The molecule has 2 N–H and O–H groups in total. The second-order valence-electron chi connectivity index (χ2n) is 3.44. The number of halogens is 1. The number of aliphatic hydroxyl groups excluding tert-OH is 1. The van der Waals surface area contributed by atoms with Crippen molar-refractivity contribution in [3.8, 4) is 0 Å². The molecular formula is C10H10ClNO3. The zero-order valence-corrected chi connectivity index (χ0v) is 8.61. The Labute approximate surface area is 91.7 Å². The van der Waals surface area contributed by atoms with Gasteiger partial charge in [0.25, 0.3) is 0 Å². The van der Waals surface area contributed by atoms with Crippen molar-refractivity contribution in [1.29, 1.82) is 0 Å². The fraction of sp³-hybridized carbons (Fsp3) is 0.300. The van der Waals surface area contributed by atoms with Crippen molar-refractivity contribution in [1.82, 2.24) is 0 Å². The molecule has 0 saturated heterocycles. The van der Waals surface area contributed by atoms with Gasteiger partial charge in [-0.1, -0.05) is 17.7 Å². The van der Waals surface area contributed by atoms with Crippen LogP contribution in [0.2, 0.25) is 5.02 Å². The second kappa shape index (κ2) is 3.72. The lowest BCUT2D eigenvalue weighted by Crippen LogP contribution is -2.35. The van der Waals surface area contributed by atoms with E-state index < -0.39 is 12.2 Å². The minimum atomic E-state index is -1.02. The third kappa shape index (κ3) is 1.78. The summed E-state index contributed by atoms with van der Waals surface area (Å²) >= 11 is 5.79. The first-order chi connectivity index (χ1) is 7.09. The number of carboxylic acid groups (broad SMARTS) is 1. The maximum atomic E-state index is 10.9. The molecule has 0 aromatic heterocycles. The highest BCUT2D eigenvalue weighted by Gasteiger charge is 2.27. The minimum absolute atomic E-state index is 0.295. The van der Waals surface area contributed by atoms with Gasteiger partial charge in [0.2, 0.25) is 0 Å². The summed E-state index contributed by atoms with van der Waals surface area (Å²) in [5, 5.41) is 19.1. The predicted octanol–water partition coefficient (Wildman–Crippen LogP) is 2.26. The molecule has 0 spiro atoms. The van der Waals surface area contributed by atoms with E-state index in [1.54, 1.807) is 18.2 Å². The van der Waals surface area contributed by atoms with E-state index in [4.69, 9.17) is 16.7 Å². The van der Waals surface area contributed by atoms with E-state index in [1.165, 1.54) is 4.90 Å². The van der Waals surface area contributed by atoms with Gasteiger partial charge in [-0.3, -0.25) is 4.90 Å². The first kappa shape index (κ1) is 10.3. The summed E-state index contributed by atoms with van der Waals surface area (Å²) in [5.74, 6) is 0. The van der Waals surface area contributed by atoms with Crippen LogP contribution in [0.4, 0.5) is 10.5 Å². The first-order valence-electron chi connectivity index (χ1n) is 4.57. The van der Waals surface area contributed by atoms with Crippen molar-refractivity contribution >= 4 is 23.4 Å². The quantitative estimate of drug-likeness (QED) is 0.715. The van der Waals surface area contributed by atoms with Gasteiger partial charge in [0.15, 0.2) is 0 Å². The molecule has 1 aromatic carbocycles. The summed E-state index contributed by atoms with van der Waals surface area (Å²) in [6.07, 6.45) is -1.21. The van der Waals surface area contributed by atoms with Crippen molar-refractivity contribution in [3.63, 3.8) is 0 Å². The molecular weight excluding hydrogens is 218 g/mol. The van der Waals surface area contributed by atoms with Gasteiger partial charge in [0, 0.05) is 17.1 Å². The number of hydrogen-bond donors (Lipinski definition) is 2. The number of amides is 1. The van der Waals surface area contributed by atoms with E-state index in [1.807, 2.05) is 0 Å². The van der Waals surface area contributed by atoms with E-state index in [-0.39, 0.29) is 0 Å².